The summed E-state index contributed by atoms with van der Waals surface area (Å²) in [5.74, 6) is -0.593. The molecule has 2 aromatic rings. The molecule has 1 aromatic heterocycles. The Morgan fingerprint density at radius 2 is 2.25 bits per heavy atom. The predicted molar refractivity (Wildman–Crippen MR) is 67.8 cm³/mol. The molecule has 1 aliphatic rings. The second-order valence-corrected chi connectivity index (χ2v) is 4.30. The zero-order valence-electron chi connectivity index (χ0n) is 10.5. The zero-order valence-corrected chi connectivity index (χ0v) is 10.5. The molecular formula is C13H10N2O5. The minimum atomic E-state index is -1.13. The first-order valence-corrected chi connectivity index (χ1v) is 5.79. The first-order valence-electron chi connectivity index (χ1n) is 5.79. The highest BCUT2D eigenvalue weighted by Gasteiger charge is 2.24. The molecule has 0 bridgehead atoms. The third kappa shape index (κ3) is 1.80. The lowest BCUT2D eigenvalue weighted by molar-refractivity contribution is -0.120. The number of aromatic carboxylic acids is 1. The SMILES string of the molecule is CN1C(=O)COc2ccc(-c3oncc3C(=O)O)cc21. The van der Waals surface area contributed by atoms with Crippen LogP contribution in [0.1, 0.15) is 10.4 Å². The van der Waals surface area contributed by atoms with Crippen molar-refractivity contribution >= 4 is 17.6 Å². The summed E-state index contributed by atoms with van der Waals surface area (Å²) in [6.07, 6.45) is 1.14. The summed E-state index contributed by atoms with van der Waals surface area (Å²) < 4.78 is 10.3. The van der Waals surface area contributed by atoms with Crippen LogP contribution in [-0.2, 0) is 4.79 Å². The van der Waals surface area contributed by atoms with Crippen molar-refractivity contribution in [3.63, 3.8) is 0 Å². The van der Waals surface area contributed by atoms with Gasteiger partial charge in [-0.1, -0.05) is 5.16 Å². The lowest BCUT2D eigenvalue weighted by Gasteiger charge is -2.26. The van der Waals surface area contributed by atoms with E-state index >= 15 is 0 Å². The van der Waals surface area contributed by atoms with Gasteiger partial charge >= 0.3 is 5.97 Å². The van der Waals surface area contributed by atoms with E-state index in [0.717, 1.165) is 6.20 Å². The van der Waals surface area contributed by atoms with Crippen molar-refractivity contribution in [2.24, 2.45) is 0 Å². The molecule has 0 spiro atoms. The molecule has 1 aliphatic heterocycles. The maximum Gasteiger partial charge on any atom is 0.341 e. The summed E-state index contributed by atoms with van der Waals surface area (Å²) >= 11 is 0. The van der Waals surface area contributed by atoms with Crippen molar-refractivity contribution in [1.29, 1.82) is 0 Å². The van der Waals surface area contributed by atoms with Gasteiger partial charge in [0.05, 0.1) is 11.9 Å². The van der Waals surface area contributed by atoms with E-state index in [1.165, 1.54) is 4.90 Å². The van der Waals surface area contributed by atoms with Gasteiger partial charge in [0, 0.05) is 12.6 Å². The van der Waals surface area contributed by atoms with Gasteiger partial charge in [-0.15, -0.1) is 0 Å². The smallest absolute Gasteiger partial charge is 0.341 e. The van der Waals surface area contributed by atoms with Crippen molar-refractivity contribution in [3.05, 3.63) is 30.0 Å². The Morgan fingerprint density at radius 3 is 3.00 bits per heavy atom. The fourth-order valence-electron chi connectivity index (χ4n) is 2.01. The lowest BCUT2D eigenvalue weighted by Crippen LogP contribution is -2.35. The summed E-state index contributed by atoms with van der Waals surface area (Å²) in [6, 6.07) is 4.97. The molecular weight excluding hydrogens is 264 g/mol. The highest BCUT2D eigenvalue weighted by Crippen LogP contribution is 2.36. The largest absolute Gasteiger partial charge is 0.482 e. The van der Waals surface area contributed by atoms with Crippen LogP contribution in [0.3, 0.4) is 0 Å². The number of anilines is 1. The molecule has 0 saturated heterocycles. The Morgan fingerprint density at radius 1 is 1.45 bits per heavy atom. The van der Waals surface area contributed by atoms with Crippen molar-refractivity contribution in [2.45, 2.75) is 0 Å². The number of rotatable bonds is 2. The van der Waals surface area contributed by atoms with Gasteiger partial charge in [0.15, 0.2) is 12.4 Å². The van der Waals surface area contributed by atoms with E-state index in [2.05, 4.69) is 5.16 Å². The number of carbonyl (C=O) groups excluding carboxylic acids is 1. The predicted octanol–water partition coefficient (Wildman–Crippen LogP) is 1.39. The van der Waals surface area contributed by atoms with Crippen molar-refractivity contribution in [1.82, 2.24) is 5.16 Å². The van der Waals surface area contributed by atoms with Crippen LogP contribution in [0.2, 0.25) is 0 Å². The van der Waals surface area contributed by atoms with Crippen LogP contribution in [0.4, 0.5) is 5.69 Å². The number of likely N-dealkylation sites (N-methyl/N-ethyl adjacent to an activating group) is 1. The lowest BCUT2D eigenvalue weighted by atomic mass is 10.1. The Labute approximate surface area is 113 Å². The monoisotopic (exact) mass is 274 g/mol. The molecule has 2 heterocycles. The van der Waals surface area contributed by atoms with Gasteiger partial charge in [-0.25, -0.2) is 4.79 Å². The number of fused-ring (bicyclic) bond motifs is 1. The standard InChI is InChI=1S/C13H10N2O5/c1-15-9-4-7(2-3-10(9)19-6-11(15)16)12-8(13(17)18)5-14-20-12/h2-5H,6H2,1H3,(H,17,18). The molecule has 0 atom stereocenters. The van der Waals surface area contributed by atoms with Gasteiger partial charge in [-0.3, -0.25) is 4.79 Å². The van der Waals surface area contributed by atoms with E-state index in [9.17, 15) is 9.59 Å². The number of hydrogen-bond acceptors (Lipinski definition) is 5. The highest BCUT2D eigenvalue weighted by atomic mass is 16.5. The van der Waals surface area contributed by atoms with Crippen LogP contribution < -0.4 is 9.64 Å². The van der Waals surface area contributed by atoms with Crippen LogP contribution >= 0.6 is 0 Å². The number of hydrogen-bond donors (Lipinski definition) is 1. The van der Waals surface area contributed by atoms with Crippen LogP contribution in [0.5, 0.6) is 5.75 Å². The fourth-order valence-corrected chi connectivity index (χ4v) is 2.01. The first-order chi connectivity index (χ1) is 9.58. The van der Waals surface area contributed by atoms with Crippen molar-refractivity contribution in [3.8, 4) is 17.1 Å². The second kappa shape index (κ2) is 4.37. The summed E-state index contributed by atoms with van der Waals surface area (Å²) in [7, 11) is 1.63. The number of carboxylic acid groups (broad SMARTS) is 1. The van der Waals surface area contributed by atoms with Crippen LogP contribution in [-0.4, -0.2) is 35.8 Å². The van der Waals surface area contributed by atoms with Crippen molar-refractivity contribution < 1.29 is 24.0 Å². The summed E-state index contributed by atoms with van der Waals surface area (Å²) in [5, 5.41) is 12.6. The molecule has 0 fully saturated rings. The van der Waals surface area contributed by atoms with Gasteiger partial charge in [-0.2, -0.15) is 0 Å². The van der Waals surface area contributed by atoms with Gasteiger partial charge in [-0.05, 0) is 18.2 Å². The minimum absolute atomic E-state index is 0.00840. The number of carbonyl (C=O) groups is 2. The molecule has 20 heavy (non-hydrogen) atoms. The van der Waals surface area contributed by atoms with Crippen molar-refractivity contribution in [2.75, 3.05) is 18.6 Å². The maximum absolute atomic E-state index is 11.6. The molecule has 0 radical (unpaired) electrons. The minimum Gasteiger partial charge on any atom is -0.482 e. The number of carboxylic acids is 1. The van der Waals surface area contributed by atoms with E-state index in [4.69, 9.17) is 14.4 Å². The van der Waals surface area contributed by atoms with E-state index in [0.29, 0.717) is 17.0 Å². The molecule has 0 unspecified atom stereocenters. The Hall–Kier alpha value is -2.83. The fraction of sp³-hybridized carbons (Fsp3) is 0.154. The summed E-state index contributed by atoms with van der Waals surface area (Å²) in [4.78, 5) is 24.1. The van der Waals surface area contributed by atoms with Crippen LogP contribution in [0.25, 0.3) is 11.3 Å². The molecule has 102 valence electrons. The Kier molecular flexibility index (Phi) is 2.67. The van der Waals surface area contributed by atoms with Gasteiger partial charge in [0.2, 0.25) is 0 Å². The Bertz CT molecular complexity index is 707. The molecule has 3 rings (SSSR count). The maximum atomic E-state index is 11.6. The van der Waals surface area contributed by atoms with E-state index in [1.807, 2.05) is 0 Å². The van der Waals surface area contributed by atoms with E-state index in [1.54, 1.807) is 25.2 Å². The average molecular weight is 274 g/mol. The number of nitrogens with zero attached hydrogens (tertiary/aromatic N) is 2. The molecule has 0 saturated carbocycles. The van der Waals surface area contributed by atoms with E-state index in [-0.39, 0.29) is 23.8 Å². The van der Waals surface area contributed by atoms with Crippen LogP contribution in [0.15, 0.2) is 28.9 Å². The summed E-state index contributed by atoms with van der Waals surface area (Å²) in [6.45, 7) is -0.00840. The Balaban J connectivity index is 2.10. The highest BCUT2D eigenvalue weighted by molar-refractivity contribution is 5.99. The van der Waals surface area contributed by atoms with Gasteiger partial charge < -0.3 is 19.3 Å². The zero-order chi connectivity index (χ0) is 14.3. The average Bonchev–Trinajstić information content (AvgIpc) is 2.92. The summed E-state index contributed by atoms with van der Waals surface area (Å²) in [5.41, 5.74) is 1.05. The molecule has 1 aromatic carbocycles. The number of benzene rings is 1. The first kappa shape index (κ1) is 12.2. The quantitative estimate of drug-likeness (QED) is 0.889. The third-order valence-corrected chi connectivity index (χ3v) is 3.11. The third-order valence-electron chi connectivity index (χ3n) is 3.11. The van der Waals surface area contributed by atoms with Crippen LogP contribution in [0, 0.1) is 0 Å². The van der Waals surface area contributed by atoms with E-state index < -0.39 is 5.97 Å². The molecule has 7 heteroatoms. The number of amides is 1. The molecule has 7 nitrogen and oxygen atoms in total. The molecule has 1 amide bonds. The molecule has 0 aliphatic carbocycles. The number of aromatic nitrogens is 1. The van der Waals surface area contributed by atoms with Gasteiger partial charge in [0.25, 0.3) is 5.91 Å². The normalized spacial score (nSPS) is 13.8. The number of ether oxygens (including phenoxy) is 1. The second-order valence-electron chi connectivity index (χ2n) is 4.30. The topological polar surface area (TPSA) is 92.9 Å². The van der Waals surface area contributed by atoms with Gasteiger partial charge in [0.1, 0.15) is 11.3 Å². The molecule has 1 N–H and O–H groups in total.